The number of carbonyl (C=O) groups excluding carboxylic acids is 2. The van der Waals surface area contributed by atoms with Gasteiger partial charge in [0.05, 0.1) is 18.7 Å². The number of hydrogen-bond acceptors (Lipinski definition) is 8. The summed E-state index contributed by atoms with van der Waals surface area (Å²) < 4.78 is 12.3. The molecule has 4 rings (SSSR count). The fourth-order valence-corrected chi connectivity index (χ4v) is 4.57. The highest BCUT2D eigenvalue weighted by Gasteiger charge is 2.32. The Hall–Kier alpha value is -3.99. The number of amides is 2. The fourth-order valence-electron chi connectivity index (χ4n) is 4.57. The molecule has 38 heavy (non-hydrogen) atoms. The number of rotatable bonds is 10. The highest BCUT2D eigenvalue weighted by Crippen LogP contribution is 2.24. The van der Waals surface area contributed by atoms with Gasteiger partial charge in [-0.2, -0.15) is 4.98 Å². The zero-order valence-corrected chi connectivity index (χ0v) is 22.3. The first kappa shape index (κ1) is 27.1. The van der Waals surface area contributed by atoms with Gasteiger partial charge in [-0.25, -0.2) is 9.97 Å². The van der Waals surface area contributed by atoms with Crippen molar-refractivity contribution in [2.45, 2.75) is 39.3 Å². The molecule has 11 heteroatoms. The van der Waals surface area contributed by atoms with E-state index in [9.17, 15) is 9.59 Å². The Morgan fingerprint density at radius 1 is 1.18 bits per heavy atom. The maximum Gasteiger partial charge on any atom is 0.248 e. The van der Waals surface area contributed by atoms with E-state index < -0.39 is 0 Å². The molecule has 1 fully saturated rings. The summed E-state index contributed by atoms with van der Waals surface area (Å²) in [5.74, 6) is 1.80. The van der Waals surface area contributed by atoms with Crippen molar-refractivity contribution in [1.82, 2.24) is 29.7 Å². The highest BCUT2D eigenvalue weighted by atomic mass is 16.5. The number of aromatic nitrogens is 4. The maximum atomic E-state index is 13.2. The lowest BCUT2D eigenvalue weighted by Gasteiger charge is -2.42. The number of nitrogens with one attached hydrogen (secondary N) is 1. The van der Waals surface area contributed by atoms with E-state index >= 15 is 0 Å². The lowest BCUT2D eigenvalue weighted by molar-refractivity contribution is -0.136. The molecular weight excluding hydrogens is 486 g/mol. The average Bonchev–Trinajstić information content (AvgIpc) is 3.44. The zero-order chi connectivity index (χ0) is 27.1. The SMILES string of the molecule is CCOc1ccc(C(C)NC(=O)CC2CN(C(=O)COC)CCN2c2cc(C)nc(-n3ccnc3)n2)cc1. The largest absolute Gasteiger partial charge is 0.494 e. The third-order valence-corrected chi connectivity index (χ3v) is 6.45. The van der Waals surface area contributed by atoms with Crippen molar-refractivity contribution in [3.8, 4) is 11.7 Å². The summed E-state index contributed by atoms with van der Waals surface area (Å²) in [5.41, 5.74) is 1.78. The summed E-state index contributed by atoms with van der Waals surface area (Å²) in [6, 6.07) is 9.15. The smallest absolute Gasteiger partial charge is 0.248 e. The number of methoxy groups -OCH3 is 1. The van der Waals surface area contributed by atoms with Crippen LogP contribution in [0.25, 0.3) is 5.95 Å². The second kappa shape index (κ2) is 12.5. The van der Waals surface area contributed by atoms with E-state index in [-0.39, 0.29) is 36.9 Å². The van der Waals surface area contributed by atoms with Gasteiger partial charge < -0.3 is 24.6 Å². The van der Waals surface area contributed by atoms with E-state index in [0.29, 0.717) is 38.0 Å². The van der Waals surface area contributed by atoms with Gasteiger partial charge in [0.2, 0.25) is 17.8 Å². The number of anilines is 1. The van der Waals surface area contributed by atoms with Crippen molar-refractivity contribution >= 4 is 17.6 Å². The molecule has 2 amide bonds. The van der Waals surface area contributed by atoms with Gasteiger partial charge in [0, 0.05) is 57.3 Å². The molecule has 0 radical (unpaired) electrons. The van der Waals surface area contributed by atoms with Crippen LogP contribution in [0.15, 0.2) is 49.1 Å². The zero-order valence-electron chi connectivity index (χ0n) is 22.3. The standard InChI is InChI=1S/C27H35N7O4/c1-5-38-23-8-6-21(7-9-23)20(3)30-25(35)15-22-16-32(26(36)17-37-4)12-13-34(22)24-14-19(2)29-27(31-24)33-11-10-28-18-33/h6-11,14,18,20,22H,5,12-13,15-17H2,1-4H3,(H,30,35). The summed E-state index contributed by atoms with van der Waals surface area (Å²) in [7, 11) is 1.50. The van der Waals surface area contributed by atoms with Gasteiger partial charge in [-0.15, -0.1) is 0 Å². The van der Waals surface area contributed by atoms with Crippen LogP contribution in [-0.2, 0) is 14.3 Å². The Kier molecular flexibility index (Phi) is 8.90. The number of hydrogen-bond donors (Lipinski definition) is 1. The predicted octanol–water partition coefficient (Wildman–Crippen LogP) is 2.30. The van der Waals surface area contributed by atoms with Crippen LogP contribution in [0.2, 0.25) is 0 Å². The summed E-state index contributed by atoms with van der Waals surface area (Å²) in [6.07, 6.45) is 5.30. The predicted molar refractivity (Wildman–Crippen MR) is 142 cm³/mol. The van der Waals surface area contributed by atoms with E-state index in [4.69, 9.17) is 14.5 Å². The van der Waals surface area contributed by atoms with Gasteiger partial charge in [0.1, 0.15) is 24.5 Å². The fraction of sp³-hybridized carbons (Fsp3) is 0.444. The first-order chi connectivity index (χ1) is 18.4. The minimum atomic E-state index is -0.276. The molecule has 1 aliphatic heterocycles. The number of ether oxygens (including phenoxy) is 2. The number of benzene rings is 1. The molecule has 2 unspecified atom stereocenters. The Morgan fingerprint density at radius 2 is 1.97 bits per heavy atom. The van der Waals surface area contributed by atoms with E-state index in [1.807, 2.05) is 51.1 Å². The van der Waals surface area contributed by atoms with Gasteiger partial charge in [-0.1, -0.05) is 12.1 Å². The number of piperazine rings is 1. The second-order valence-electron chi connectivity index (χ2n) is 9.25. The monoisotopic (exact) mass is 521 g/mol. The molecule has 0 spiro atoms. The van der Waals surface area contributed by atoms with Crippen LogP contribution in [0.4, 0.5) is 5.82 Å². The van der Waals surface area contributed by atoms with Gasteiger partial charge in [-0.3, -0.25) is 14.2 Å². The Morgan fingerprint density at radius 3 is 2.66 bits per heavy atom. The van der Waals surface area contributed by atoms with Crippen molar-refractivity contribution in [2.24, 2.45) is 0 Å². The third kappa shape index (κ3) is 6.65. The Balaban J connectivity index is 1.52. The molecule has 1 saturated heterocycles. The Labute approximate surface area is 222 Å². The van der Waals surface area contributed by atoms with Crippen molar-refractivity contribution < 1.29 is 19.1 Å². The minimum absolute atomic E-state index is 0.00504. The maximum absolute atomic E-state index is 13.2. The summed E-state index contributed by atoms with van der Waals surface area (Å²) >= 11 is 0. The van der Waals surface area contributed by atoms with Crippen molar-refractivity contribution in [1.29, 1.82) is 0 Å². The van der Waals surface area contributed by atoms with Crippen LogP contribution in [0.5, 0.6) is 5.75 Å². The summed E-state index contributed by atoms with van der Waals surface area (Å²) in [5, 5.41) is 3.10. The summed E-state index contributed by atoms with van der Waals surface area (Å²) in [4.78, 5) is 43.1. The topological polar surface area (TPSA) is 115 Å². The van der Waals surface area contributed by atoms with E-state index in [0.717, 1.165) is 17.0 Å². The molecule has 1 aliphatic rings. The molecule has 0 bridgehead atoms. The molecule has 2 atom stereocenters. The number of nitrogens with zero attached hydrogens (tertiary/aromatic N) is 6. The van der Waals surface area contributed by atoms with Crippen molar-refractivity contribution in [2.75, 3.05) is 44.9 Å². The highest BCUT2D eigenvalue weighted by molar-refractivity contribution is 5.79. The number of carbonyl (C=O) groups is 2. The van der Waals surface area contributed by atoms with Crippen LogP contribution < -0.4 is 15.0 Å². The normalized spacial score (nSPS) is 16.3. The molecular formula is C27H35N7O4. The minimum Gasteiger partial charge on any atom is -0.494 e. The van der Waals surface area contributed by atoms with Gasteiger partial charge in [-0.05, 0) is 38.5 Å². The average molecular weight is 522 g/mol. The second-order valence-corrected chi connectivity index (χ2v) is 9.25. The molecule has 3 aromatic rings. The molecule has 1 aromatic carbocycles. The molecule has 0 aliphatic carbocycles. The van der Waals surface area contributed by atoms with Gasteiger partial charge in [0.15, 0.2) is 0 Å². The lowest BCUT2D eigenvalue weighted by atomic mass is 10.1. The van der Waals surface area contributed by atoms with Crippen LogP contribution in [0.3, 0.4) is 0 Å². The number of aryl methyl sites for hydroxylation is 1. The van der Waals surface area contributed by atoms with Crippen molar-refractivity contribution in [3.05, 3.63) is 60.3 Å². The van der Waals surface area contributed by atoms with Crippen LogP contribution in [-0.4, -0.2) is 82.2 Å². The molecule has 11 nitrogen and oxygen atoms in total. The summed E-state index contributed by atoms with van der Waals surface area (Å²) in [6.45, 7) is 7.82. The third-order valence-electron chi connectivity index (χ3n) is 6.45. The molecule has 202 valence electrons. The van der Waals surface area contributed by atoms with E-state index in [1.54, 1.807) is 28.2 Å². The van der Waals surface area contributed by atoms with Gasteiger partial charge in [0.25, 0.3) is 0 Å². The first-order valence-corrected chi connectivity index (χ1v) is 12.8. The van der Waals surface area contributed by atoms with E-state index in [2.05, 4.69) is 20.2 Å². The molecule has 1 N–H and O–H groups in total. The molecule has 0 saturated carbocycles. The van der Waals surface area contributed by atoms with Crippen LogP contribution in [0, 0.1) is 6.92 Å². The van der Waals surface area contributed by atoms with Gasteiger partial charge >= 0.3 is 0 Å². The van der Waals surface area contributed by atoms with Crippen LogP contribution in [0.1, 0.15) is 37.6 Å². The molecule has 3 heterocycles. The van der Waals surface area contributed by atoms with Crippen LogP contribution >= 0.6 is 0 Å². The Bertz CT molecular complexity index is 1220. The quantitative estimate of drug-likeness (QED) is 0.432. The van der Waals surface area contributed by atoms with Crippen molar-refractivity contribution in [3.63, 3.8) is 0 Å². The lowest BCUT2D eigenvalue weighted by Crippen LogP contribution is -2.57. The first-order valence-electron chi connectivity index (χ1n) is 12.8. The van der Waals surface area contributed by atoms with E-state index in [1.165, 1.54) is 7.11 Å². The number of imidazole rings is 1. The molecule has 2 aromatic heterocycles.